The van der Waals surface area contributed by atoms with E-state index in [4.69, 9.17) is 5.73 Å². The molecule has 3 nitrogen and oxygen atoms in total. The molecule has 1 fully saturated rings. The SMILES string of the molecule is NC[C@H]1CCN(C(=O)c2cc(F)c(F)c(F)c2)C1. The van der Waals surface area contributed by atoms with Gasteiger partial charge in [-0.05, 0) is 31.0 Å². The quantitative estimate of drug-likeness (QED) is 0.818. The molecule has 0 aromatic heterocycles. The van der Waals surface area contributed by atoms with Gasteiger partial charge in [-0.1, -0.05) is 0 Å². The van der Waals surface area contributed by atoms with E-state index in [9.17, 15) is 18.0 Å². The van der Waals surface area contributed by atoms with Crippen molar-refractivity contribution in [2.75, 3.05) is 19.6 Å². The standard InChI is InChI=1S/C12H13F3N2O/c13-9-3-8(4-10(14)11(9)15)12(18)17-2-1-7(5-16)6-17/h3-4,7H,1-2,5-6,16H2/t7-/m1/s1. The summed E-state index contributed by atoms with van der Waals surface area (Å²) in [5, 5.41) is 0. The Labute approximate surface area is 102 Å². The molecule has 6 heteroatoms. The van der Waals surface area contributed by atoms with Gasteiger partial charge in [-0.25, -0.2) is 13.2 Å². The van der Waals surface area contributed by atoms with Crippen molar-refractivity contribution in [2.45, 2.75) is 6.42 Å². The van der Waals surface area contributed by atoms with E-state index in [1.165, 1.54) is 4.90 Å². The van der Waals surface area contributed by atoms with E-state index < -0.39 is 23.4 Å². The van der Waals surface area contributed by atoms with E-state index >= 15 is 0 Å². The van der Waals surface area contributed by atoms with Gasteiger partial charge in [0.2, 0.25) is 0 Å². The Hall–Kier alpha value is -1.56. The van der Waals surface area contributed by atoms with Crippen LogP contribution in [-0.4, -0.2) is 30.4 Å². The predicted molar refractivity (Wildman–Crippen MR) is 59.4 cm³/mol. The molecule has 0 spiro atoms. The van der Waals surface area contributed by atoms with Crippen LogP contribution in [-0.2, 0) is 0 Å². The van der Waals surface area contributed by atoms with Gasteiger partial charge in [0, 0.05) is 18.7 Å². The van der Waals surface area contributed by atoms with Gasteiger partial charge in [-0.2, -0.15) is 0 Å². The summed E-state index contributed by atoms with van der Waals surface area (Å²) in [6.07, 6.45) is 0.772. The second-order valence-electron chi connectivity index (χ2n) is 4.40. The molecule has 0 radical (unpaired) electrons. The largest absolute Gasteiger partial charge is 0.338 e. The molecule has 1 aromatic rings. The Kier molecular flexibility index (Phi) is 3.56. The summed E-state index contributed by atoms with van der Waals surface area (Å²) in [4.78, 5) is 13.4. The van der Waals surface area contributed by atoms with Crippen LogP contribution in [0.5, 0.6) is 0 Å². The lowest BCUT2D eigenvalue weighted by molar-refractivity contribution is 0.0786. The zero-order valence-electron chi connectivity index (χ0n) is 9.63. The summed E-state index contributed by atoms with van der Waals surface area (Å²) in [5.74, 6) is -4.55. The highest BCUT2D eigenvalue weighted by Crippen LogP contribution is 2.20. The zero-order valence-corrected chi connectivity index (χ0v) is 9.63. The van der Waals surface area contributed by atoms with Gasteiger partial charge in [0.25, 0.3) is 5.91 Å². The zero-order chi connectivity index (χ0) is 13.3. The van der Waals surface area contributed by atoms with E-state index in [-0.39, 0.29) is 11.5 Å². The summed E-state index contributed by atoms with van der Waals surface area (Å²) in [7, 11) is 0. The second-order valence-corrected chi connectivity index (χ2v) is 4.40. The molecule has 0 saturated carbocycles. The van der Waals surface area contributed by atoms with Crippen molar-refractivity contribution in [3.63, 3.8) is 0 Å². The third-order valence-electron chi connectivity index (χ3n) is 3.14. The Morgan fingerprint density at radius 2 is 1.94 bits per heavy atom. The van der Waals surface area contributed by atoms with Gasteiger partial charge in [0.05, 0.1) is 0 Å². The topological polar surface area (TPSA) is 46.3 Å². The summed E-state index contributed by atoms with van der Waals surface area (Å²) >= 11 is 0. The van der Waals surface area contributed by atoms with Crippen LogP contribution < -0.4 is 5.73 Å². The minimum absolute atomic E-state index is 0.177. The number of hydrogen-bond donors (Lipinski definition) is 1. The van der Waals surface area contributed by atoms with Gasteiger partial charge < -0.3 is 10.6 Å². The number of carbonyl (C=O) groups excluding carboxylic acids is 1. The first-order chi connectivity index (χ1) is 8.52. The highest BCUT2D eigenvalue weighted by atomic mass is 19.2. The molecule has 2 rings (SSSR count). The van der Waals surface area contributed by atoms with Crippen LogP contribution in [0.3, 0.4) is 0 Å². The molecule has 0 unspecified atom stereocenters. The third kappa shape index (κ3) is 2.33. The Balaban J connectivity index is 2.19. The number of halogens is 3. The summed E-state index contributed by atoms with van der Waals surface area (Å²) in [6, 6.07) is 1.44. The van der Waals surface area contributed by atoms with Gasteiger partial charge in [0.1, 0.15) is 0 Å². The van der Waals surface area contributed by atoms with E-state index in [0.717, 1.165) is 18.6 Å². The van der Waals surface area contributed by atoms with Crippen LogP contribution in [0.2, 0.25) is 0 Å². The van der Waals surface area contributed by atoms with Crippen molar-refractivity contribution >= 4 is 5.91 Å². The summed E-state index contributed by atoms with van der Waals surface area (Å²) < 4.78 is 38.8. The number of nitrogens with zero attached hydrogens (tertiary/aromatic N) is 1. The van der Waals surface area contributed by atoms with Crippen LogP contribution in [0.1, 0.15) is 16.8 Å². The fraction of sp³-hybridized carbons (Fsp3) is 0.417. The molecule has 2 N–H and O–H groups in total. The molecule has 98 valence electrons. The van der Waals surface area contributed by atoms with Crippen molar-refractivity contribution in [2.24, 2.45) is 11.7 Å². The van der Waals surface area contributed by atoms with Crippen molar-refractivity contribution in [1.82, 2.24) is 4.90 Å². The summed E-state index contributed by atoms with van der Waals surface area (Å²) in [6.45, 7) is 1.44. The number of likely N-dealkylation sites (tertiary alicyclic amines) is 1. The molecule has 1 amide bonds. The molecule has 18 heavy (non-hydrogen) atoms. The normalized spacial score (nSPS) is 19.3. The third-order valence-corrected chi connectivity index (χ3v) is 3.14. The van der Waals surface area contributed by atoms with Crippen LogP contribution in [0, 0.1) is 23.4 Å². The first-order valence-electron chi connectivity index (χ1n) is 5.66. The first kappa shape index (κ1) is 12.9. The molecule has 0 aliphatic carbocycles. The fourth-order valence-corrected chi connectivity index (χ4v) is 2.07. The highest BCUT2D eigenvalue weighted by molar-refractivity contribution is 5.94. The number of amides is 1. The Bertz CT molecular complexity index is 455. The number of benzene rings is 1. The van der Waals surface area contributed by atoms with Crippen LogP contribution >= 0.6 is 0 Å². The van der Waals surface area contributed by atoms with Crippen molar-refractivity contribution in [1.29, 1.82) is 0 Å². The van der Waals surface area contributed by atoms with E-state index in [0.29, 0.717) is 19.6 Å². The molecular weight excluding hydrogens is 245 g/mol. The predicted octanol–water partition coefficient (Wildman–Crippen LogP) is 1.52. The van der Waals surface area contributed by atoms with E-state index in [1.807, 2.05) is 0 Å². The number of hydrogen-bond acceptors (Lipinski definition) is 2. The molecule has 1 aliphatic rings. The highest BCUT2D eigenvalue weighted by Gasteiger charge is 2.27. The molecule has 1 aromatic carbocycles. The van der Waals surface area contributed by atoms with Crippen molar-refractivity contribution in [3.8, 4) is 0 Å². The van der Waals surface area contributed by atoms with Gasteiger partial charge in [-0.3, -0.25) is 4.79 Å². The lowest BCUT2D eigenvalue weighted by Gasteiger charge is -2.16. The maximum atomic E-state index is 13.0. The Morgan fingerprint density at radius 1 is 1.33 bits per heavy atom. The average molecular weight is 258 g/mol. The fourth-order valence-electron chi connectivity index (χ4n) is 2.07. The van der Waals surface area contributed by atoms with Crippen LogP contribution in [0.25, 0.3) is 0 Å². The van der Waals surface area contributed by atoms with Gasteiger partial charge in [-0.15, -0.1) is 0 Å². The molecule has 1 aliphatic heterocycles. The minimum atomic E-state index is -1.56. The monoisotopic (exact) mass is 258 g/mol. The lowest BCUT2D eigenvalue weighted by Crippen LogP contribution is -2.30. The van der Waals surface area contributed by atoms with E-state index in [2.05, 4.69) is 0 Å². The molecule has 0 bridgehead atoms. The maximum Gasteiger partial charge on any atom is 0.254 e. The van der Waals surface area contributed by atoms with Gasteiger partial charge in [0.15, 0.2) is 17.5 Å². The van der Waals surface area contributed by atoms with Crippen molar-refractivity contribution < 1.29 is 18.0 Å². The molecule has 1 saturated heterocycles. The smallest absolute Gasteiger partial charge is 0.254 e. The number of nitrogens with two attached hydrogens (primary N) is 1. The lowest BCUT2D eigenvalue weighted by atomic mass is 10.1. The summed E-state index contributed by atoms with van der Waals surface area (Å²) in [5.41, 5.74) is 5.32. The molecule has 1 atom stereocenters. The average Bonchev–Trinajstić information content (AvgIpc) is 2.83. The molecule has 1 heterocycles. The van der Waals surface area contributed by atoms with E-state index in [1.54, 1.807) is 0 Å². The molecular formula is C12H13F3N2O. The van der Waals surface area contributed by atoms with Gasteiger partial charge >= 0.3 is 0 Å². The number of carbonyl (C=O) groups is 1. The van der Waals surface area contributed by atoms with Crippen molar-refractivity contribution in [3.05, 3.63) is 35.1 Å². The maximum absolute atomic E-state index is 13.0. The first-order valence-corrected chi connectivity index (χ1v) is 5.66. The van der Waals surface area contributed by atoms with Crippen LogP contribution in [0.4, 0.5) is 13.2 Å². The van der Waals surface area contributed by atoms with Crippen LogP contribution in [0.15, 0.2) is 12.1 Å². The Morgan fingerprint density at radius 3 is 2.44 bits per heavy atom. The second kappa shape index (κ2) is 4.97. The number of rotatable bonds is 2. The minimum Gasteiger partial charge on any atom is -0.338 e.